The highest BCUT2D eigenvalue weighted by molar-refractivity contribution is 4.79. The molecular weight excluding hydrogens is 112 g/mol. The fourth-order valence-corrected chi connectivity index (χ4v) is 1.22. The van der Waals surface area contributed by atoms with Crippen molar-refractivity contribution >= 4 is 0 Å². The van der Waals surface area contributed by atoms with Gasteiger partial charge in [0.2, 0.25) is 0 Å². The first-order valence-corrected chi connectivity index (χ1v) is 3.64. The summed E-state index contributed by atoms with van der Waals surface area (Å²) in [5.41, 5.74) is 0. The minimum Gasteiger partial charge on any atom is -0.314 e. The molecule has 0 aliphatic carbocycles. The minimum absolute atomic E-state index is 0.703. The van der Waals surface area contributed by atoms with Gasteiger partial charge in [-0.1, -0.05) is 0 Å². The first-order chi connectivity index (χ1) is 4.22. The summed E-state index contributed by atoms with van der Waals surface area (Å²) in [6, 6.07) is 1.41. The van der Waals surface area contributed by atoms with Crippen LogP contribution in [0.25, 0.3) is 0 Å². The zero-order valence-corrected chi connectivity index (χ0v) is 6.52. The molecule has 1 aliphatic heterocycles. The van der Waals surface area contributed by atoms with Crippen LogP contribution in [0.15, 0.2) is 0 Å². The Morgan fingerprint density at radius 2 is 1.67 bits per heavy atom. The molecule has 0 radical (unpaired) electrons. The van der Waals surface area contributed by atoms with E-state index in [2.05, 4.69) is 31.1 Å². The van der Waals surface area contributed by atoms with Gasteiger partial charge in [0, 0.05) is 25.2 Å². The van der Waals surface area contributed by atoms with Crippen molar-refractivity contribution in [3.05, 3.63) is 0 Å². The predicted octanol–water partition coefficient (Wildman–Crippen LogP) is 0.298. The van der Waals surface area contributed by atoms with Gasteiger partial charge < -0.3 is 5.32 Å². The number of nitrogens with zero attached hydrogens (tertiary/aromatic N) is 1. The van der Waals surface area contributed by atoms with Crippen LogP contribution in [-0.4, -0.2) is 37.1 Å². The van der Waals surface area contributed by atoms with Gasteiger partial charge in [-0.25, -0.2) is 0 Å². The lowest BCUT2D eigenvalue weighted by molar-refractivity contribution is 0.152. The quantitative estimate of drug-likeness (QED) is 0.504. The van der Waals surface area contributed by atoms with Gasteiger partial charge in [-0.2, -0.15) is 0 Å². The Morgan fingerprint density at radius 3 is 2.00 bits per heavy atom. The first-order valence-electron chi connectivity index (χ1n) is 3.64. The van der Waals surface area contributed by atoms with Crippen molar-refractivity contribution in [3.8, 4) is 0 Å². The topological polar surface area (TPSA) is 15.3 Å². The first kappa shape index (κ1) is 7.03. The Bertz CT molecular complexity index is 82.9. The summed E-state index contributed by atoms with van der Waals surface area (Å²) in [7, 11) is 2.19. The normalized spacial score (nSPS) is 39.0. The van der Waals surface area contributed by atoms with Gasteiger partial charge in [0.05, 0.1) is 0 Å². The Morgan fingerprint density at radius 1 is 1.22 bits per heavy atom. The Hall–Kier alpha value is -0.0800. The van der Waals surface area contributed by atoms with Crippen molar-refractivity contribution in [3.63, 3.8) is 0 Å². The van der Waals surface area contributed by atoms with E-state index in [1.165, 1.54) is 0 Å². The van der Waals surface area contributed by atoms with Crippen LogP contribution in [0.4, 0.5) is 0 Å². The third kappa shape index (κ3) is 1.43. The van der Waals surface area contributed by atoms with Crippen LogP contribution in [-0.2, 0) is 0 Å². The van der Waals surface area contributed by atoms with Crippen LogP contribution in [0.2, 0.25) is 0 Å². The van der Waals surface area contributed by atoms with Crippen LogP contribution < -0.4 is 5.32 Å². The van der Waals surface area contributed by atoms with Crippen molar-refractivity contribution in [2.45, 2.75) is 25.9 Å². The van der Waals surface area contributed by atoms with Crippen molar-refractivity contribution < 1.29 is 0 Å². The molecule has 1 rings (SSSR count). The molecule has 2 heteroatoms. The average Bonchev–Trinajstić information content (AvgIpc) is 1.83. The number of hydrogen-bond acceptors (Lipinski definition) is 2. The summed E-state index contributed by atoms with van der Waals surface area (Å²) in [6.45, 7) is 6.78. The highest BCUT2D eigenvalue weighted by Gasteiger charge is 2.19. The van der Waals surface area contributed by atoms with Crippen LogP contribution in [0.5, 0.6) is 0 Å². The molecule has 1 saturated heterocycles. The lowest BCUT2D eigenvalue weighted by atomic mass is 10.1. The zero-order chi connectivity index (χ0) is 6.85. The lowest BCUT2D eigenvalue weighted by Crippen LogP contribution is -2.52. The van der Waals surface area contributed by atoms with E-state index in [0.29, 0.717) is 12.1 Å². The molecule has 1 unspecified atom stereocenters. The van der Waals surface area contributed by atoms with Gasteiger partial charge in [-0.15, -0.1) is 0 Å². The molecule has 0 amide bonds. The van der Waals surface area contributed by atoms with E-state index in [1.54, 1.807) is 0 Å². The molecule has 1 heterocycles. The molecule has 54 valence electrons. The van der Waals surface area contributed by atoms with Gasteiger partial charge >= 0.3 is 0 Å². The summed E-state index contributed by atoms with van der Waals surface area (Å²) < 4.78 is 0. The number of rotatable bonds is 0. The molecule has 1 N–H and O–H groups in total. The number of likely N-dealkylation sites (N-methyl/N-ethyl adjacent to an activating group) is 1. The second-order valence-electron chi connectivity index (χ2n) is 3.02. The third-order valence-corrected chi connectivity index (χ3v) is 2.27. The molecule has 0 aromatic heterocycles. The van der Waals surface area contributed by atoms with Gasteiger partial charge in [-0.05, 0) is 20.9 Å². The highest BCUT2D eigenvalue weighted by Crippen LogP contribution is 2.04. The van der Waals surface area contributed by atoms with E-state index >= 15 is 0 Å². The van der Waals surface area contributed by atoms with Gasteiger partial charge in [0.1, 0.15) is 0 Å². The van der Waals surface area contributed by atoms with Gasteiger partial charge in [0.15, 0.2) is 0 Å². The second kappa shape index (κ2) is 2.67. The molecule has 0 bridgehead atoms. The molecule has 0 aromatic carbocycles. The number of hydrogen-bond donors (Lipinski definition) is 1. The third-order valence-electron chi connectivity index (χ3n) is 2.27. The molecule has 1 aliphatic rings. The number of piperazine rings is 1. The summed E-state index contributed by atoms with van der Waals surface area (Å²) >= 11 is 0. The predicted molar refractivity (Wildman–Crippen MR) is 39.6 cm³/mol. The van der Waals surface area contributed by atoms with E-state index in [4.69, 9.17) is 0 Å². The summed E-state index contributed by atoms with van der Waals surface area (Å²) in [5.74, 6) is 0. The van der Waals surface area contributed by atoms with E-state index in [0.717, 1.165) is 13.1 Å². The fourth-order valence-electron chi connectivity index (χ4n) is 1.22. The molecule has 2 nitrogen and oxygen atoms in total. The average molecular weight is 128 g/mol. The van der Waals surface area contributed by atoms with Gasteiger partial charge in [0.25, 0.3) is 0 Å². The van der Waals surface area contributed by atoms with Crippen LogP contribution in [0.3, 0.4) is 0 Å². The summed E-state index contributed by atoms with van der Waals surface area (Å²) in [4.78, 5) is 2.41. The standard InChI is InChI=1S/C7H16N2/c1-6-4-8-5-7(2)9(6)3/h6-8H,4-5H2,1-3H3/t6-,7?/m1/s1. The summed E-state index contributed by atoms with van der Waals surface area (Å²) in [6.07, 6.45) is 0. The molecule has 2 atom stereocenters. The van der Waals surface area contributed by atoms with E-state index in [9.17, 15) is 0 Å². The summed E-state index contributed by atoms with van der Waals surface area (Å²) in [5, 5.41) is 3.37. The van der Waals surface area contributed by atoms with Crippen LogP contribution in [0.1, 0.15) is 13.8 Å². The SMILES string of the molecule is CC1CNC[C@@H](C)N1C. The smallest absolute Gasteiger partial charge is 0.0192 e. The maximum Gasteiger partial charge on any atom is 0.0192 e. The lowest BCUT2D eigenvalue weighted by Gasteiger charge is -2.36. The molecule has 0 aromatic rings. The largest absolute Gasteiger partial charge is 0.314 e. The number of nitrogens with one attached hydrogen (secondary N) is 1. The monoisotopic (exact) mass is 128 g/mol. The molecule has 0 saturated carbocycles. The Labute approximate surface area is 57.2 Å². The van der Waals surface area contributed by atoms with Crippen molar-refractivity contribution in [2.24, 2.45) is 0 Å². The van der Waals surface area contributed by atoms with E-state index in [-0.39, 0.29) is 0 Å². The van der Waals surface area contributed by atoms with Crippen LogP contribution >= 0.6 is 0 Å². The van der Waals surface area contributed by atoms with Gasteiger partial charge in [-0.3, -0.25) is 4.90 Å². The second-order valence-corrected chi connectivity index (χ2v) is 3.02. The van der Waals surface area contributed by atoms with E-state index < -0.39 is 0 Å². The fraction of sp³-hybridized carbons (Fsp3) is 1.00. The molecular formula is C7H16N2. The minimum atomic E-state index is 0.703. The highest BCUT2D eigenvalue weighted by atomic mass is 15.2. The molecule has 9 heavy (non-hydrogen) atoms. The zero-order valence-electron chi connectivity index (χ0n) is 6.52. The Balaban J connectivity index is 2.41. The van der Waals surface area contributed by atoms with Crippen molar-refractivity contribution in [1.29, 1.82) is 0 Å². The molecule has 1 fully saturated rings. The van der Waals surface area contributed by atoms with Crippen molar-refractivity contribution in [2.75, 3.05) is 20.1 Å². The van der Waals surface area contributed by atoms with E-state index in [1.807, 2.05) is 0 Å². The van der Waals surface area contributed by atoms with Crippen LogP contribution in [0, 0.1) is 0 Å². The molecule has 0 spiro atoms. The maximum absolute atomic E-state index is 3.37. The maximum atomic E-state index is 3.37. The van der Waals surface area contributed by atoms with Crippen molar-refractivity contribution in [1.82, 2.24) is 10.2 Å². The Kier molecular flexibility index (Phi) is 2.09.